The zero-order valence-electron chi connectivity index (χ0n) is 11.9. The molecule has 0 N–H and O–H groups in total. The highest BCUT2D eigenvalue weighted by Gasteiger charge is 2.37. The molecule has 0 bridgehead atoms. The molecule has 1 aromatic heterocycles. The molecule has 3 rings (SSSR count). The number of thioether (sulfide) groups is 1. The van der Waals surface area contributed by atoms with E-state index in [1.54, 1.807) is 0 Å². The Labute approximate surface area is 132 Å². The van der Waals surface area contributed by atoms with Gasteiger partial charge in [-0.05, 0) is 12.1 Å². The van der Waals surface area contributed by atoms with Gasteiger partial charge in [-0.1, -0.05) is 11.8 Å². The average Bonchev–Trinajstić information content (AvgIpc) is 2.85. The van der Waals surface area contributed by atoms with Crippen LogP contribution in [0.15, 0.2) is 17.3 Å². The Hall–Kier alpha value is -1.81. The fourth-order valence-corrected chi connectivity index (χ4v) is 3.07. The highest BCUT2D eigenvalue weighted by Crippen LogP contribution is 2.35. The number of hydrogen-bond acceptors (Lipinski definition) is 5. The quantitative estimate of drug-likeness (QED) is 0.629. The zero-order chi connectivity index (χ0) is 16.6. The third kappa shape index (κ3) is 3.27. The molecule has 1 aromatic carbocycles. The standard InChI is InChI=1S/C13H11F4N3O2S/c1-20-11(13(15,16)17)18-19-12(20)23-5-8-3-9(14)2-7-4-21-6-22-10(7)8/h2-3H,4-6H2,1H3. The summed E-state index contributed by atoms with van der Waals surface area (Å²) in [7, 11) is 1.23. The first kappa shape index (κ1) is 16.1. The number of rotatable bonds is 3. The first-order valence-electron chi connectivity index (χ1n) is 6.47. The van der Waals surface area contributed by atoms with Crippen LogP contribution in [0.25, 0.3) is 0 Å². The van der Waals surface area contributed by atoms with Crippen LogP contribution in [0.4, 0.5) is 17.6 Å². The molecule has 5 nitrogen and oxygen atoms in total. The molecule has 2 aromatic rings. The van der Waals surface area contributed by atoms with Crippen molar-refractivity contribution in [2.45, 2.75) is 23.7 Å². The molecular weight excluding hydrogens is 338 g/mol. The molecule has 10 heteroatoms. The lowest BCUT2D eigenvalue weighted by molar-refractivity contribution is -0.147. The summed E-state index contributed by atoms with van der Waals surface area (Å²) < 4.78 is 63.0. The van der Waals surface area contributed by atoms with E-state index in [1.165, 1.54) is 19.2 Å². The van der Waals surface area contributed by atoms with Crippen LogP contribution >= 0.6 is 11.8 Å². The van der Waals surface area contributed by atoms with Crippen molar-refractivity contribution in [2.24, 2.45) is 7.05 Å². The normalized spacial score (nSPS) is 14.5. The lowest BCUT2D eigenvalue weighted by Gasteiger charge is -2.20. The van der Waals surface area contributed by atoms with Gasteiger partial charge in [0.05, 0.1) is 6.61 Å². The molecule has 0 saturated carbocycles. The van der Waals surface area contributed by atoms with Crippen molar-refractivity contribution in [3.05, 3.63) is 34.9 Å². The number of halogens is 4. The van der Waals surface area contributed by atoms with E-state index in [2.05, 4.69) is 10.2 Å². The Morgan fingerprint density at radius 2 is 2.09 bits per heavy atom. The van der Waals surface area contributed by atoms with Gasteiger partial charge in [-0.3, -0.25) is 0 Å². The number of aromatic nitrogens is 3. The van der Waals surface area contributed by atoms with Crippen LogP contribution in [0.5, 0.6) is 5.75 Å². The Kier molecular flexibility index (Phi) is 4.19. The topological polar surface area (TPSA) is 49.2 Å². The van der Waals surface area contributed by atoms with Gasteiger partial charge in [-0.15, -0.1) is 10.2 Å². The van der Waals surface area contributed by atoms with E-state index in [1.807, 2.05) is 0 Å². The average molecular weight is 349 g/mol. The number of alkyl halides is 3. The van der Waals surface area contributed by atoms with Crippen molar-refractivity contribution in [2.75, 3.05) is 6.79 Å². The van der Waals surface area contributed by atoms with Gasteiger partial charge in [0, 0.05) is 23.9 Å². The van der Waals surface area contributed by atoms with E-state index in [0.29, 0.717) is 16.9 Å². The van der Waals surface area contributed by atoms with Crippen molar-refractivity contribution in [3.8, 4) is 5.75 Å². The summed E-state index contributed by atoms with van der Waals surface area (Å²) in [5.74, 6) is -0.833. The second kappa shape index (κ2) is 6.00. The predicted octanol–water partition coefficient (Wildman–Crippen LogP) is 3.13. The minimum absolute atomic E-state index is 0.0540. The van der Waals surface area contributed by atoms with Gasteiger partial charge >= 0.3 is 6.18 Å². The van der Waals surface area contributed by atoms with E-state index in [4.69, 9.17) is 9.47 Å². The van der Waals surface area contributed by atoms with Crippen LogP contribution in [0.3, 0.4) is 0 Å². The number of ether oxygens (including phenoxy) is 2. The van der Waals surface area contributed by atoms with Gasteiger partial charge in [0.25, 0.3) is 0 Å². The second-order valence-corrected chi connectivity index (χ2v) is 5.76. The summed E-state index contributed by atoms with van der Waals surface area (Å²) in [4.78, 5) is 0. The highest BCUT2D eigenvalue weighted by molar-refractivity contribution is 7.98. The summed E-state index contributed by atoms with van der Waals surface area (Å²) in [5, 5.41) is 6.76. The third-order valence-electron chi connectivity index (χ3n) is 3.20. The van der Waals surface area contributed by atoms with E-state index < -0.39 is 17.8 Å². The van der Waals surface area contributed by atoms with Crippen molar-refractivity contribution in [3.63, 3.8) is 0 Å². The number of hydrogen-bond donors (Lipinski definition) is 0. The molecule has 1 aliphatic rings. The van der Waals surface area contributed by atoms with E-state index in [-0.39, 0.29) is 24.3 Å². The maximum Gasteiger partial charge on any atom is 0.451 e. The first-order chi connectivity index (χ1) is 10.9. The molecule has 0 amide bonds. The van der Waals surface area contributed by atoms with Gasteiger partial charge in [0.1, 0.15) is 11.6 Å². The van der Waals surface area contributed by atoms with Crippen molar-refractivity contribution in [1.82, 2.24) is 14.8 Å². The fraction of sp³-hybridized carbons (Fsp3) is 0.385. The summed E-state index contributed by atoms with van der Waals surface area (Å²) in [5.41, 5.74) is 1.10. The Morgan fingerprint density at radius 3 is 2.78 bits per heavy atom. The number of fused-ring (bicyclic) bond motifs is 1. The van der Waals surface area contributed by atoms with Crippen LogP contribution in [0, 0.1) is 5.82 Å². The highest BCUT2D eigenvalue weighted by atomic mass is 32.2. The van der Waals surface area contributed by atoms with E-state index in [0.717, 1.165) is 16.3 Å². The number of nitrogens with zero attached hydrogens (tertiary/aromatic N) is 3. The second-order valence-electron chi connectivity index (χ2n) is 4.82. The molecule has 0 unspecified atom stereocenters. The van der Waals surface area contributed by atoms with Gasteiger partial charge in [-0.25, -0.2) is 4.39 Å². The minimum atomic E-state index is -4.57. The summed E-state index contributed by atoms with van der Waals surface area (Å²) in [6, 6.07) is 2.60. The molecule has 0 radical (unpaired) electrons. The van der Waals surface area contributed by atoms with Gasteiger partial charge in [0.15, 0.2) is 11.9 Å². The molecule has 1 aliphatic heterocycles. The molecular formula is C13H11F4N3O2S. The summed E-state index contributed by atoms with van der Waals surface area (Å²) >= 11 is 1.02. The molecule has 2 heterocycles. The van der Waals surface area contributed by atoms with Gasteiger partial charge in [0.2, 0.25) is 5.82 Å². The Morgan fingerprint density at radius 1 is 1.30 bits per heavy atom. The molecule has 23 heavy (non-hydrogen) atoms. The summed E-state index contributed by atoms with van der Waals surface area (Å²) in [6.45, 7) is 0.283. The zero-order valence-corrected chi connectivity index (χ0v) is 12.7. The van der Waals surface area contributed by atoms with Crippen molar-refractivity contribution < 1.29 is 27.0 Å². The Bertz CT molecular complexity index is 733. The largest absolute Gasteiger partial charge is 0.467 e. The molecule has 0 saturated heterocycles. The summed E-state index contributed by atoms with van der Waals surface area (Å²) in [6.07, 6.45) is -4.57. The molecule has 0 fully saturated rings. The first-order valence-corrected chi connectivity index (χ1v) is 7.46. The van der Waals surface area contributed by atoms with Crippen molar-refractivity contribution >= 4 is 11.8 Å². The SMILES string of the molecule is Cn1c(SCc2cc(F)cc3c2OCOC3)nnc1C(F)(F)F. The predicted molar refractivity (Wildman–Crippen MR) is 72.3 cm³/mol. The molecule has 0 spiro atoms. The number of benzene rings is 1. The lowest BCUT2D eigenvalue weighted by Crippen LogP contribution is -2.14. The van der Waals surface area contributed by atoms with Crippen LogP contribution in [0.1, 0.15) is 17.0 Å². The monoisotopic (exact) mass is 349 g/mol. The van der Waals surface area contributed by atoms with Crippen LogP contribution < -0.4 is 4.74 Å². The van der Waals surface area contributed by atoms with Crippen molar-refractivity contribution in [1.29, 1.82) is 0 Å². The molecule has 124 valence electrons. The maximum atomic E-state index is 13.6. The molecule has 0 atom stereocenters. The van der Waals surface area contributed by atoms with E-state index in [9.17, 15) is 17.6 Å². The molecule has 0 aliphatic carbocycles. The van der Waals surface area contributed by atoms with Crippen LogP contribution in [0.2, 0.25) is 0 Å². The minimum Gasteiger partial charge on any atom is -0.467 e. The van der Waals surface area contributed by atoms with E-state index >= 15 is 0 Å². The van der Waals surface area contributed by atoms with Crippen LogP contribution in [-0.2, 0) is 30.3 Å². The Balaban J connectivity index is 1.82. The maximum absolute atomic E-state index is 13.6. The third-order valence-corrected chi connectivity index (χ3v) is 4.27. The smallest absolute Gasteiger partial charge is 0.451 e. The van der Waals surface area contributed by atoms with Crippen LogP contribution in [-0.4, -0.2) is 21.6 Å². The van der Waals surface area contributed by atoms with Gasteiger partial charge < -0.3 is 14.0 Å². The van der Waals surface area contributed by atoms with Gasteiger partial charge in [-0.2, -0.15) is 13.2 Å². The lowest BCUT2D eigenvalue weighted by atomic mass is 10.1. The fourth-order valence-electron chi connectivity index (χ4n) is 2.19.